The number of aliphatic carboxylic acids is 1. The summed E-state index contributed by atoms with van der Waals surface area (Å²) in [7, 11) is 0. The normalized spacial score (nSPS) is 15.4. The molecule has 2 rings (SSSR count). The van der Waals surface area contributed by atoms with Crippen LogP contribution in [0.2, 0.25) is 0 Å². The first-order valence-corrected chi connectivity index (χ1v) is 7.08. The minimum atomic E-state index is -1.08. The summed E-state index contributed by atoms with van der Waals surface area (Å²) in [5.41, 5.74) is -0.360. The quantitative estimate of drug-likeness (QED) is 0.883. The third-order valence-electron chi connectivity index (χ3n) is 3.92. The van der Waals surface area contributed by atoms with E-state index in [1.807, 2.05) is 32.0 Å². The molecule has 5 heteroatoms. The van der Waals surface area contributed by atoms with Gasteiger partial charge >= 0.3 is 5.97 Å². The zero-order valence-electron chi connectivity index (χ0n) is 12.5. The van der Waals surface area contributed by atoms with Crippen molar-refractivity contribution < 1.29 is 14.4 Å². The van der Waals surface area contributed by atoms with Crippen LogP contribution >= 0.6 is 0 Å². The van der Waals surface area contributed by atoms with Crippen molar-refractivity contribution in [3.8, 4) is 0 Å². The first kappa shape index (κ1) is 15.2. The first-order chi connectivity index (χ1) is 9.97. The van der Waals surface area contributed by atoms with Crippen molar-refractivity contribution >= 4 is 5.97 Å². The second-order valence-electron chi connectivity index (χ2n) is 5.54. The second kappa shape index (κ2) is 6.08. The third-order valence-corrected chi connectivity index (χ3v) is 3.92. The largest absolute Gasteiger partial charge is 0.481 e. The van der Waals surface area contributed by atoms with Crippen LogP contribution in [-0.2, 0) is 16.6 Å². The highest BCUT2D eigenvalue weighted by Crippen LogP contribution is 2.28. The predicted molar refractivity (Wildman–Crippen MR) is 78.1 cm³/mol. The summed E-state index contributed by atoms with van der Waals surface area (Å²) in [6, 6.07) is 9.13. The summed E-state index contributed by atoms with van der Waals surface area (Å²) >= 11 is 0. The lowest BCUT2D eigenvalue weighted by atomic mass is 9.79. The van der Waals surface area contributed by atoms with Crippen LogP contribution in [0.4, 0.5) is 0 Å². The molecule has 1 heterocycles. The van der Waals surface area contributed by atoms with E-state index in [4.69, 9.17) is 4.52 Å². The van der Waals surface area contributed by atoms with E-state index in [1.165, 1.54) is 0 Å². The highest BCUT2D eigenvalue weighted by Gasteiger charge is 2.37. The molecule has 2 atom stereocenters. The molecule has 0 aliphatic rings. The van der Waals surface area contributed by atoms with Gasteiger partial charge in [0.1, 0.15) is 0 Å². The number of aromatic nitrogens is 2. The zero-order chi connectivity index (χ0) is 15.5. The van der Waals surface area contributed by atoms with Gasteiger partial charge in [-0.25, -0.2) is 0 Å². The van der Waals surface area contributed by atoms with Crippen LogP contribution < -0.4 is 0 Å². The van der Waals surface area contributed by atoms with Gasteiger partial charge < -0.3 is 9.63 Å². The Hall–Kier alpha value is -2.17. The summed E-state index contributed by atoms with van der Waals surface area (Å²) in [6.07, 6.45) is 1.09. The molecule has 21 heavy (non-hydrogen) atoms. The average molecular weight is 288 g/mol. The number of hydrogen-bond donors (Lipinski definition) is 1. The van der Waals surface area contributed by atoms with Crippen LogP contribution in [0.1, 0.15) is 50.4 Å². The fourth-order valence-electron chi connectivity index (χ4n) is 2.13. The third kappa shape index (κ3) is 3.12. The molecule has 0 aliphatic heterocycles. The van der Waals surface area contributed by atoms with Crippen LogP contribution in [0.3, 0.4) is 0 Å². The molecular weight excluding hydrogens is 268 g/mol. The molecule has 0 aliphatic carbocycles. The Morgan fingerprint density at radius 1 is 1.38 bits per heavy atom. The van der Waals surface area contributed by atoms with Crippen molar-refractivity contribution in [3.05, 3.63) is 47.6 Å². The van der Waals surface area contributed by atoms with Gasteiger partial charge in [-0.3, -0.25) is 4.79 Å². The number of carbonyl (C=O) groups is 1. The molecule has 0 amide bonds. The summed E-state index contributed by atoms with van der Waals surface area (Å²) in [6.45, 7) is 5.74. The topological polar surface area (TPSA) is 76.2 Å². The monoisotopic (exact) mass is 288 g/mol. The van der Waals surface area contributed by atoms with E-state index in [-0.39, 0.29) is 12.3 Å². The summed E-state index contributed by atoms with van der Waals surface area (Å²) in [5.74, 6) is 0.291. The molecule has 0 saturated heterocycles. The Labute approximate surface area is 124 Å². The number of carboxylic acid groups (broad SMARTS) is 1. The molecule has 1 aromatic heterocycles. The number of benzene rings is 1. The Balaban J connectivity index is 2.29. The smallest absolute Gasteiger partial charge is 0.314 e. The van der Waals surface area contributed by atoms with Crippen LogP contribution in [0, 0.1) is 0 Å². The molecule has 1 N–H and O–H groups in total. The van der Waals surface area contributed by atoms with E-state index >= 15 is 0 Å². The molecule has 0 spiro atoms. The summed E-state index contributed by atoms with van der Waals surface area (Å²) in [5, 5.41) is 13.6. The van der Waals surface area contributed by atoms with E-state index in [0.717, 1.165) is 12.0 Å². The second-order valence-corrected chi connectivity index (χ2v) is 5.54. The molecule has 0 fully saturated rings. The maximum atomic E-state index is 11.7. The van der Waals surface area contributed by atoms with E-state index in [1.54, 1.807) is 19.1 Å². The molecule has 0 saturated carbocycles. The van der Waals surface area contributed by atoms with E-state index < -0.39 is 11.4 Å². The lowest BCUT2D eigenvalue weighted by Gasteiger charge is -2.23. The maximum absolute atomic E-state index is 11.7. The minimum absolute atomic E-state index is 0.176. The van der Waals surface area contributed by atoms with E-state index in [9.17, 15) is 9.90 Å². The van der Waals surface area contributed by atoms with Crippen molar-refractivity contribution in [1.29, 1.82) is 0 Å². The predicted octanol–water partition coefficient (Wildman–Crippen LogP) is 3.17. The highest BCUT2D eigenvalue weighted by atomic mass is 16.5. The van der Waals surface area contributed by atoms with Crippen molar-refractivity contribution in [1.82, 2.24) is 10.1 Å². The fraction of sp³-hybridized carbons (Fsp3) is 0.438. The van der Waals surface area contributed by atoms with Gasteiger partial charge in [-0.1, -0.05) is 49.3 Å². The van der Waals surface area contributed by atoms with Crippen LogP contribution in [0.25, 0.3) is 0 Å². The number of carboxylic acids is 1. The van der Waals surface area contributed by atoms with Crippen molar-refractivity contribution in [3.63, 3.8) is 0 Å². The average Bonchev–Trinajstić information content (AvgIpc) is 2.95. The van der Waals surface area contributed by atoms with Gasteiger partial charge in [0.2, 0.25) is 5.89 Å². The first-order valence-electron chi connectivity index (χ1n) is 7.08. The minimum Gasteiger partial charge on any atom is -0.481 e. The van der Waals surface area contributed by atoms with Gasteiger partial charge in [0.25, 0.3) is 0 Å². The maximum Gasteiger partial charge on any atom is 0.314 e. The molecule has 0 bridgehead atoms. The molecule has 0 radical (unpaired) electrons. The molecule has 2 aromatic rings. The SMILES string of the molecule is CCC(C)c1noc(CC(C)(C(=O)O)c2ccccc2)n1. The van der Waals surface area contributed by atoms with Crippen LogP contribution in [0.5, 0.6) is 0 Å². The standard InChI is InChI=1S/C16H20N2O3/c1-4-11(2)14-17-13(21-18-14)10-16(3,15(19)20)12-8-6-5-7-9-12/h5-9,11H,4,10H2,1-3H3,(H,19,20). The number of rotatable bonds is 6. The van der Waals surface area contributed by atoms with Gasteiger partial charge in [0.05, 0.1) is 5.41 Å². The van der Waals surface area contributed by atoms with Crippen molar-refractivity contribution in [2.24, 2.45) is 0 Å². The lowest BCUT2D eigenvalue weighted by molar-refractivity contribution is -0.143. The number of hydrogen-bond acceptors (Lipinski definition) is 4. The molecule has 112 valence electrons. The Kier molecular flexibility index (Phi) is 4.40. The van der Waals surface area contributed by atoms with Gasteiger partial charge in [-0.15, -0.1) is 0 Å². The van der Waals surface area contributed by atoms with E-state index in [2.05, 4.69) is 10.1 Å². The molecular formula is C16H20N2O3. The zero-order valence-corrected chi connectivity index (χ0v) is 12.5. The van der Waals surface area contributed by atoms with Crippen molar-refractivity contribution in [2.45, 2.75) is 44.9 Å². The fourth-order valence-corrected chi connectivity index (χ4v) is 2.13. The summed E-state index contributed by atoms with van der Waals surface area (Å²) < 4.78 is 5.23. The lowest BCUT2D eigenvalue weighted by Crippen LogP contribution is -2.35. The van der Waals surface area contributed by atoms with Gasteiger partial charge in [-0.05, 0) is 18.9 Å². The van der Waals surface area contributed by atoms with Gasteiger partial charge in [-0.2, -0.15) is 4.98 Å². The van der Waals surface area contributed by atoms with Crippen LogP contribution in [0.15, 0.2) is 34.9 Å². The number of nitrogens with zero attached hydrogens (tertiary/aromatic N) is 2. The Bertz CT molecular complexity index is 609. The van der Waals surface area contributed by atoms with Gasteiger partial charge in [0.15, 0.2) is 5.82 Å². The van der Waals surface area contributed by atoms with Crippen LogP contribution in [-0.4, -0.2) is 21.2 Å². The summed E-state index contributed by atoms with van der Waals surface area (Å²) in [4.78, 5) is 16.1. The Morgan fingerprint density at radius 3 is 2.62 bits per heavy atom. The van der Waals surface area contributed by atoms with Crippen molar-refractivity contribution in [2.75, 3.05) is 0 Å². The molecule has 1 aromatic carbocycles. The Morgan fingerprint density at radius 2 is 2.05 bits per heavy atom. The molecule has 5 nitrogen and oxygen atoms in total. The molecule has 2 unspecified atom stereocenters. The van der Waals surface area contributed by atoms with E-state index in [0.29, 0.717) is 11.7 Å². The van der Waals surface area contributed by atoms with Gasteiger partial charge in [0, 0.05) is 12.3 Å². The highest BCUT2D eigenvalue weighted by molar-refractivity contribution is 5.81.